The van der Waals surface area contributed by atoms with Crippen LogP contribution in [0.4, 0.5) is 0 Å². The Morgan fingerprint density at radius 1 is 0.541 bits per heavy atom. The van der Waals surface area contributed by atoms with E-state index in [4.69, 9.17) is 18.9 Å². The molecule has 0 N–H and O–H groups in total. The topological polar surface area (TPSA) is 88.1 Å². The van der Waals surface area contributed by atoms with Crippen LogP contribution in [0.1, 0.15) is 73.1 Å². The molecule has 0 amide bonds. The van der Waals surface area contributed by atoms with Crippen molar-refractivity contribution in [3.63, 3.8) is 0 Å². The van der Waals surface area contributed by atoms with E-state index in [-0.39, 0.29) is 5.75 Å². The summed E-state index contributed by atoms with van der Waals surface area (Å²) in [6.07, 6.45) is 7.23. The molecule has 7 nitrogen and oxygen atoms in total. The summed E-state index contributed by atoms with van der Waals surface area (Å²) in [6.45, 7) is 4.17. The molecule has 0 fully saturated rings. The van der Waals surface area contributed by atoms with Crippen LogP contribution in [0.2, 0.25) is 0 Å². The zero-order valence-electron chi connectivity index (χ0n) is 21.2. The van der Waals surface area contributed by atoms with Gasteiger partial charge in [-0.25, -0.2) is 9.59 Å². The summed E-state index contributed by atoms with van der Waals surface area (Å²) >= 11 is 0. The molecule has 194 valence electrons. The normalized spacial score (nSPS) is 10.4. The van der Waals surface area contributed by atoms with E-state index in [0.717, 1.165) is 12.2 Å². The fourth-order valence-corrected chi connectivity index (χ4v) is 3.49. The predicted octanol–water partition coefficient (Wildman–Crippen LogP) is 6.79. The molecule has 37 heavy (non-hydrogen) atoms. The lowest BCUT2D eigenvalue weighted by Gasteiger charge is -2.09. The van der Waals surface area contributed by atoms with Crippen molar-refractivity contribution in [1.82, 2.24) is 0 Å². The molecule has 0 aromatic heterocycles. The van der Waals surface area contributed by atoms with E-state index < -0.39 is 17.9 Å². The monoisotopic (exact) mass is 504 g/mol. The van der Waals surface area contributed by atoms with Crippen molar-refractivity contribution in [2.24, 2.45) is 0 Å². The summed E-state index contributed by atoms with van der Waals surface area (Å²) in [5, 5.41) is 0. The van der Waals surface area contributed by atoms with E-state index in [2.05, 4.69) is 6.92 Å². The molecule has 0 saturated heterocycles. The van der Waals surface area contributed by atoms with Gasteiger partial charge in [0.05, 0.1) is 17.7 Å². The van der Waals surface area contributed by atoms with E-state index >= 15 is 0 Å². The molecule has 0 aliphatic carbocycles. The molecule has 0 unspecified atom stereocenters. The van der Waals surface area contributed by atoms with Gasteiger partial charge in [0.15, 0.2) is 0 Å². The number of carbonyl (C=O) groups is 3. The van der Waals surface area contributed by atoms with Crippen LogP contribution in [-0.4, -0.2) is 24.5 Å². The van der Waals surface area contributed by atoms with E-state index in [1.807, 2.05) is 0 Å². The van der Waals surface area contributed by atoms with Crippen molar-refractivity contribution in [2.75, 3.05) is 6.61 Å². The molecule has 0 atom stereocenters. The lowest BCUT2D eigenvalue weighted by Crippen LogP contribution is -2.10. The maximum absolute atomic E-state index is 12.5. The molecule has 0 aliphatic heterocycles. The van der Waals surface area contributed by atoms with Gasteiger partial charge >= 0.3 is 17.9 Å². The Morgan fingerprint density at radius 2 is 0.946 bits per heavy atom. The first-order chi connectivity index (χ1) is 17.9. The van der Waals surface area contributed by atoms with Crippen molar-refractivity contribution < 1.29 is 33.3 Å². The highest BCUT2D eigenvalue weighted by molar-refractivity contribution is 5.92. The van der Waals surface area contributed by atoms with E-state index in [1.54, 1.807) is 24.3 Å². The van der Waals surface area contributed by atoms with Gasteiger partial charge in [-0.15, -0.1) is 0 Å². The van der Waals surface area contributed by atoms with Crippen LogP contribution in [0.15, 0.2) is 72.8 Å². The average Bonchev–Trinajstić information content (AvgIpc) is 2.89. The zero-order chi connectivity index (χ0) is 26.5. The zero-order valence-corrected chi connectivity index (χ0v) is 21.2. The number of unbranched alkanes of at least 4 members (excludes halogenated alkanes) is 5. The summed E-state index contributed by atoms with van der Waals surface area (Å²) in [4.78, 5) is 35.8. The van der Waals surface area contributed by atoms with Crippen LogP contribution in [0, 0.1) is 0 Å². The lowest BCUT2D eigenvalue weighted by molar-refractivity contribution is -0.131. The molecule has 0 bridgehead atoms. The number of esters is 3. The fraction of sp³-hybridized carbons (Fsp3) is 0.300. The highest BCUT2D eigenvalue weighted by Gasteiger charge is 2.12. The Hall–Kier alpha value is -4.13. The lowest BCUT2D eigenvalue weighted by atomic mass is 10.1. The Kier molecular flexibility index (Phi) is 10.7. The first-order valence-electron chi connectivity index (χ1n) is 12.5. The van der Waals surface area contributed by atoms with E-state index in [1.165, 1.54) is 87.6 Å². The Balaban J connectivity index is 1.44. The second-order valence-electron chi connectivity index (χ2n) is 8.51. The summed E-state index contributed by atoms with van der Waals surface area (Å²) in [7, 11) is 0. The summed E-state index contributed by atoms with van der Waals surface area (Å²) in [6, 6.07) is 19.0. The molecule has 3 aromatic carbocycles. The highest BCUT2D eigenvalue weighted by atomic mass is 16.5. The minimum absolute atomic E-state index is 0.275. The third kappa shape index (κ3) is 9.44. The molecule has 0 saturated carbocycles. The van der Waals surface area contributed by atoms with Gasteiger partial charge in [0.2, 0.25) is 0 Å². The minimum Gasteiger partial charge on any atom is -0.494 e. The quantitative estimate of drug-likeness (QED) is 0.144. The number of benzene rings is 3. The van der Waals surface area contributed by atoms with Gasteiger partial charge in [0, 0.05) is 6.92 Å². The SMILES string of the molecule is CCCCCCCCOc1ccc(OC(=O)c2ccc(OC(=O)c3ccc(OC(C)=O)cc3)cc2)cc1. The molecule has 0 spiro atoms. The van der Waals surface area contributed by atoms with Gasteiger partial charge in [-0.05, 0) is 79.2 Å². The van der Waals surface area contributed by atoms with Crippen LogP contribution < -0.4 is 18.9 Å². The standard InChI is InChI=1S/C30H32O7/c1-3-4-5-6-7-8-21-34-25-17-19-28(20-18-25)37-30(33)24-11-15-27(16-12-24)36-29(32)23-9-13-26(14-10-23)35-22(2)31/h9-20H,3-8,21H2,1-2H3. The van der Waals surface area contributed by atoms with Gasteiger partial charge in [0.1, 0.15) is 23.0 Å². The van der Waals surface area contributed by atoms with Crippen LogP contribution in [-0.2, 0) is 4.79 Å². The molecule has 0 heterocycles. The van der Waals surface area contributed by atoms with Crippen molar-refractivity contribution in [3.05, 3.63) is 83.9 Å². The summed E-state index contributed by atoms with van der Waals surface area (Å²) < 4.78 is 21.5. The van der Waals surface area contributed by atoms with E-state index in [0.29, 0.717) is 29.2 Å². The Labute approximate surface area is 217 Å². The predicted molar refractivity (Wildman–Crippen MR) is 139 cm³/mol. The van der Waals surface area contributed by atoms with Crippen LogP contribution >= 0.6 is 0 Å². The molecular weight excluding hydrogens is 472 g/mol. The molecule has 0 aliphatic rings. The number of rotatable bonds is 13. The fourth-order valence-electron chi connectivity index (χ4n) is 3.49. The number of hydrogen-bond donors (Lipinski definition) is 0. The maximum Gasteiger partial charge on any atom is 0.343 e. The molecule has 3 aromatic rings. The number of hydrogen-bond acceptors (Lipinski definition) is 7. The van der Waals surface area contributed by atoms with Crippen LogP contribution in [0.25, 0.3) is 0 Å². The highest BCUT2D eigenvalue weighted by Crippen LogP contribution is 2.21. The maximum atomic E-state index is 12.5. The average molecular weight is 505 g/mol. The molecule has 0 radical (unpaired) electrons. The van der Waals surface area contributed by atoms with Crippen LogP contribution in [0.3, 0.4) is 0 Å². The molecular formula is C30H32O7. The summed E-state index contributed by atoms with van der Waals surface area (Å²) in [5.41, 5.74) is 0.604. The van der Waals surface area contributed by atoms with Crippen LogP contribution in [0.5, 0.6) is 23.0 Å². The van der Waals surface area contributed by atoms with E-state index in [9.17, 15) is 14.4 Å². The number of ether oxygens (including phenoxy) is 4. The minimum atomic E-state index is -0.580. The van der Waals surface area contributed by atoms with Gasteiger partial charge in [-0.1, -0.05) is 39.0 Å². The summed E-state index contributed by atoms with van der Waals surface area (Å²) in [5.74, 6) is 0.201. The van der Waals surface area contributed by atoms with Crippen molar-refractivity contribution in [2.45, 2.75) is 52.4 Å². The van der Waals surface area contributed by atoms with Gasteiger partial charge in [-0.2, -0.15) is 0 Å². The van der Waals surface area contributed by atoms with Crippen molar-refractivity contribution in [1.29, 1.82) is 0 Å². The smallest absolute Gasteiger partial charge is 0.343 e. The second-order valence-corrected chi connectivity index (χ2v) is 8.51. The molecule has 7 heteroatoms. The second kappa shape index (κ2) is 14.4. The van der Waals surface area contributed by atoms with Crippen molar-refractivity contribution >= 4 is 17.9 Å². The Morgan fingerprint density at radius 3 is 1.43 bits per heavy atom. The first kappa shape index (κ1) is 27.5. The van der Waals surface area contributed by atoms with Crippen molar-refractivity contribution in [3.8, 4) is 23.0 Å². The Bertz CT molecular complexity index is 1150. The third-order valence-electron chi connectivity index (χ3n) is 5.45. The third-order valence-corrected chi connectivity index (χ3v) is 5.45. The van der Waals surface area contributed by atoms with Gasteiger partial charge in [-0.3, -0.25) is 4.79 Å². The number of carbonyl (C=O) groups excluding carboxylic acids is 3. The largest absolute Gasteiger partial charge is 0.494 e. The van der Waals surface area contributed by atoms with Gasteiger partial charge < -0.3 is 18.9 Å². The first-order valence-corrected chi connectivity index (χ1v) is 12.5. The molecule has 3 rings (SSSR count). The van der Waals surface area contributed by atoms with Gasteiger partial charge in [0.25, 0.3) is 0 Å².